The first kappa shape index (κ1) is 16.6. The Hall–Kier alpha value is -2.50. The Morgan fingerprint density at radius 1 is 1.24 bits per heavy atom. The fraction of sp³-hybridized carbons (Fsp3) is 0.333. The molecule has 0 bridgehead atoms. The minimum absolute atomic E-state index is 0.247. The number of esters is 1. The molecule has 1 rings (SSSR count). The van der Waals surface area contributed by atoms with Crippen LogP contribution in [0, 0.1) is 0 Å². The number of rotatable bonds is 7. The highest BCUT2D eigenvalue weighted by Gasteiger charge is 2.16. The minimum atomic E-state index is -1.01. The van der Waals surface area contributed by atoms with E-state index in [1.165, 1.54) is 26.4 Å². The molecule has 0 aliphatic rings. The molecule has 1 aromatic carbocycles. The van der Waals surface area contributed by atoms with Gasteiger partial charge in [0.1, 0.15) is 0 Å². The number of ether oxygens (including phenoxy) is 3. The highest BCUT2D eigenvalue weighted by atomic mass is 16.5. The van der Waals surface area contributed by atoms with Crippen molar-refractivity contribution in [3.8, 4) is 11.5 Å². The molecular formula is C15H18O6. The smallest absolute Gasteiger partial charge is 0.330 e. The first-order valence-corrected chi connectivity index (χ1v) is 6.33. The van der Waals surface area contributed by atoms with Crippen LogP contribution >= 0.6 is 0 Å². The quantitative estimate of drug-likeness (QED) is 0.611. The zero-order valence-electron chi connectivity index (χ0n) is 12.2. The third-order valence-electron chi connectivity index (χ3n) is 2.70. The van der Waals surface area contributed by atoms with Gasteiger partial charge >= 0.3 is 11.9 Å². The van der Waals surface area contributed by atoms with E-state index in [9.17, 15) is 9.59 Å². The summed E-state index contributed by atoms with van der Waals surface area (Å²) in [5.74, 6) is -0.728. The van der Waals surface area contributed by atoms with Crippen LogP contribution in [0.2, 0.25) is 0 Å². The van der Waals surface area contributed by atoms with E-state index in [2.05, 4.69) is 0 Å². The zero-order chi connectivity index (χ0) is 15.8. The van der Waals surface area contributed by atoms with Gasteiger partial charge in [-0.15, -0.1) is 0 Å². The summed E-state index contributed by atoms with van der Waals surface area (Å²) in [6.07, 6.45) is 2.50. The molecule has 0 saturated heterocycles. The lowest BCUT2D eigenvalue weighted by Gasteiger charge is -2.14. The lowest BCUT2D eigenvalue weighted by Crippen LogP contribution is -2.06. The van der Waals surface area contributed by atoms with Crippen molar-refractivity contribution in [2.75, 3.05) is 20.8 Å². The number of hydrogen-bond donors (Lipinski definition) is 1. The van der Waals surface area contributed by atoms with E-state index in [4.69, 9.17) is 19.3 Å². The average Bonchev–Trinajstić information content (AvgIpc) is 2.45. The van der Waals surface area contributed by atoms with Crippen LogP contribution in [-0.2, 0) is 20.7 Å². The van der Waals surface area contributed by atoms with Gasteiger partial charge in [0.15, 0.2) is 11.5 Å². The van der Waals surface area contributed by atoms with E-state index in [1.54, 1.807) is 19.1 Å². The molecular weight excluding hydrogens is 276 g/mol. The van der Waals surface area contributed by atoms with Gasteiger partial charge in [-0.1, -0.05) is 6.07 Å². The van der Waals surface area contributed by atoms with Crippen molar-refractivity contribution in [2.45, 2.75) is 13.3 Å². The molecule has 21 heavy (non-hydrogen) atoms. The Kier molecular flexibility index (Phi) is 6.26. The van der Waals surface area contributed by atoms with Gasteiger partial charge < -0.3 is 19.3 Å². The van der Waals surface area contributed by atoms with Gasteiger partial charge in [0, 0.05) is 11.6 Å². The molecule has 1 aromatic rings. The molecule has 0 aliphatic carbocycles. The molecule has 0 saturated carbocycles. The monoisotopic (exact) mass is 294 g/mol. The highest BCUT2D eigenvalue weighted by Crippen LogP contribution is 2.34. The van der Waals surface area contributed by atoms with E-state index < -0.39 is 11.9 Å². The third-order valence-corrected chi connectivity index (χ3v) is 2.70. The summed E-state index contributed by atoms with van der Waals surface area (Å²) in [4.78, 5) is 22.4. The lowest BCUT2D eigenvalue weighted by atomic mass is 10.0. The second-order valence-electron chi connectivity index (χ2n) is 4.02. The average molecular weight is 294 g/mol. The molecule has 0 aromatic heterocycles. The van der Waals surface area contributed by atoms with Crippen molar-refractivity contribution < 1.29 is 28.9 Å². The molecule has 1 N–H and O–H groups in total. The Morgan fingerprint density at radius 2 is 1.95 bits per heavy atom. The summed E-state index contributed by atoms with van der Waals surface area (Å²) < 4.78 is 15.2. The molecule has 0 radical (unpaired) electrons. The molecule has 6 nitrogen and oxygen atoms in total. The number of carboxylic acids is 1. The van der Waals surface area contributed by atoms with Gasteiger partial charge in [-0.05, 0) is 24.6 Å². The Labute approximate surface area is 122 Å². The van der Waals surface area contributed by atoms with Gasteiger partial charge in [0.25, 0.3) is 0 Å². The summed E-state index contributed by atoms with van der Waals surface area (Å²) in [5.41, 5.74) is 0.994. The van der Waals surface area contributed by atoms with Crippen LogP contribution in [0.1, 0.15) is 18.1 Å². The summed E-state index contributed by atoms with van der Waals surface area (Å²) in [5, 5.41) is 9.02. The number of hydrogen-bond acceptors (Lipinski definition) is 5. The predicted octanol–water partition coefficient (Wildman–Crippen LogP) is 1.91. The van der Waals surface area contributed by atoms with Crippen LogP contribution in [-0.4, -0.2) is 37.9 Å². The number of carbonyl (C=O) groups excluding carboxylic acids is 1. The van der Waals surface area contributed by atoms with Crippen LogP contribution in [0.15, 0.2) is 18.2 Å². The maximum Gasteiger partial charge on any atom is 0.330 e. The highest BCUT2D eigenvalue weighted by molar-refractivity contribution is 5.88. The maximum atomic E-state index is 11.3. The molecule has 0 aliphatic heterocycles. The number of carboxylic acid groups (broad SMARTS) is 1. The van der Waals surface area contributed by atoms with E-state index in [-0.39, 0.29) is 13.0 Å². The first-order chi connectivity index (χ1) is 10.0. The second-order valence-corrected chi connectivity index (χ2v) is 4.02. The zero-order valence-corrected chi connectivity index (χ0v) is 12.2. The van der Waals surface area contributed by atoms with Crippen LogP contribution in [0.5, 0.6) is 11.5 Å². The topological polar surface area (TPSA) is 82.1 Å². The van der Waals surface area contributed by atoms with Crippen LogP contribution in [0.4, 0.5) is 0 Å². The number of benzene rings is 1. The normalized spacial score (nSPS) is 10.4. The summed E-state index contributed by atoms with van der Waals surface area (Å²) in [6, 6.07) is 3.31. The molecule has 0 amide bonds. The SMILES string of the molecule is CCOC(=O)/C=C/c1ccc(OC)c(OC)c1CC(=O)O. The van der Waals surface area contributed by atoms with Gasteiger partial charge in [-0.2, -0.15) is 0 Å². The molecule has 0 heterocycles. The first-order valence-electron chi connectivity index (χ1n) is 6.33. The van der Waals surface area contributed by atoms with Crippen molar-refractivity contribution in [1.29, 1.82) is 0 Å². The molecule has 0 spiro atoms. The molecule has 114 valence electrons. The minimum Gasteiger partial charge on any atom is -0.493 e. The maximum absolute atomic E-state index is 11.3. The Morgan fingerprint density at radius 3 is 2.48 bits per heavy atom. The van der Waals surface area contributed by atoms with E-state index in [0.29, 0.717) is 22.6 Å². The van der Waals surface area contributed by atoms with E-state index >= 15 is 0 Å². The van der Waals surface area contributed by atoms with E-state index in [1.807, 2.05) is 0 Å². The summed E-state index contributed by atoms with van der Waals surface area (Å²) in [7, 11) is 2.90. The largest absolute Gasteiger partial charge is 0.493 e. The van der Waals surface area contributed by atoms with Crippen molar-refractivity contribution in [2.24, 2.45) is 0 Å². The fourth-order valence-corrected chi connectivity index (χ4v) is 1.84. The number of methoxy groups -OCH3 is 2. The third kappa shape index (κ3) is 4.52. The molecule has 0 fully saturated rings. The van der Waals surface area contributed by atoms with Crippen LogP contribution in [0.3, 0.4) is 0 Å². The van der Waals surface area contributed by atoms with Crippen molar-refractivity contribution in [1.82, 2.24) is 0 Å². The molecule has 6 heteroatoms. The van der Waals surface area contributed by atoms with Gasteiger partial charge in [-0.25, -0.2) is 4.79 Å². The standard InChI is InChI=1S/C15H18O6/c1-4-21-14(18)8-6-10-5-7-12(19-2)15(20-3)11(10)9-13(16)17/h5-8H,4,9H2,1-3H3,(H,16,17)/b8-6+. The van der Waals surface area contributed by atoms with E-state index in [0.717, 1.165) is 0 Å². The van der Waals surface area contributed by atoms with Crippen molar-refractivity contribution >= 4 is 18.0 Å². The van der Waals surface area contributed by atoms with Crippen LogP contribution in [0.25, 0.3) is 6.08 Å². The molecule has 0 atom stereocenters. The fourth-order valence-electron chi connectivity index (χ4n) is 1.84. The van der Waals surface area contributed by atoms with Gasteiger partial charge in [0.2, 0.25) is 0 Å². The van der Waals surface area contributed by atoms with Gasteiger partial charge in [-0.3, -0.25) is 4.79 Å². The number of aliphatic carboxylic acids is 1. The number of carbonyl (C=O) groups is 2. The van der Waals surface area contributed by atoms with Gasteiger partial charge in [0.05, 0.1) is 27.2 Å². The molecule has 0 unspecified atom stereocenters. The van der Waals surface area contributed by atoms with Crippen molar-refractivity contribution in [3.05, 3.63) is 29.3 Å². The predicted molar refractivity (Wildman–Crippen MR) is 76.6 cm³/mol. The van der Waals surface area contributed by atoms with Crippen molar-refractivity contribution in [3.63, 3.8) is 0 Å². The summed E-state index contributed by atoms with van der Waals surface area (Å²) >= 11 is 0. The Balaban J connectivity index is 3.24. The lowest BCUT2D eigenvalue weighted by molar-refractivity contribution is -0.137. The van der Waals surface area contributed by atoms with Crippen LogP contribution < -0.4 is 9.47 Å². The Bertz CT molecular complexity index is 547. The summed E-state index contributed by atoms with van der Waals surface area (Å²) in [6.45, 7) is 1.98. The second kappa shape index (κ2) is 7.94.